The molecule has 2 aromatic rings. The number of carbonyl (C=O) groups excluding carboxylic acids is 1. The summed E-state index contributed by atoms with van der Waals surface area (Å²) < 4.78 is 0. The standard InChI is InChI=1S/C13H13N3O3/c1-7-10(8(2)15-11(7)13(18)19)12(17)16-9-5-3-4-6-14-9/h3-6,15H,1-2H3,(H,18,19)(H,14,16,17). The van der Waals surface area contributed by atoms with E-state index in [1.165, 1.54) is 0 Å². The number of aromatic carboxylic acids is 1. The first kappa shape index (κ1) is 12.8. The molecule has 1 amide bonds. The number of nitrogens with zero attached hydrogens (tertiary/aromatic N) is 1. The van der Waals surface area contributed by atoms with E-state index in [0.29, 0.717) is 22.6 Å². The third-order valence-electron chi connectivity index (χ3n) is 2.78. The van der Waals surface area contributed by atoms with Crippen molar-refractivity contribution in [1.29, 1.82) is 0 Å². The molecule has 2 heterocycles. The van der Waals surface area contributed by atoms with Gasteiger partial charge in [0.2, 0.25) is 0 Å². The average Bonchev–Trinajstić information content (AvgIpc) is 2.66. The molecule has 0 fully saturated rings. The second-order valence-corrected chi connectivity index (χ2v) is 4.10. The summed E-state index contributed by atoms with van der Waals surface area (Å²) in [4.78, 5) is 29.8. The molecule has 0 aliphatic heterocycles. The summed E-state index contributed by atoms with van der Waals surface area (Å²) in [5, 5.41) is 11.6. The quantitative estimate of drug-likeness (QED) is 0.785. The van der Waals surface area contributed by atoms with Crippen LogP contribution in [-0.4, -0.2) is 27.0 Å². The fourth-order valence-corrected chi connectivity index (χ4v) is 1.92. The molecule has 0 saturated carbocycles. The molecule has 0 saturated heterocycles. The highest BCUT2D eigenvalue weighted by atomic mass is 16.4. The van der Waals surface area contributed by atoms with Crippen LogP contribution in [0.3, 0.4) is 0 Å². The van der Waals surface area contributed by atoms with Gasteiger partial charge in [-0.15, -0.1) is 0 Å². The first-order valence-electron chi connectivity index (χ1n) is 5.65. The first-order chi connectivity index (χ1) is 9.00. The summed E-state index contributed by atoms with van der Waals surface area (Å²) in [6.07, 6.45) is 1.56. The third-order valence-corrected chi connectivity index (χ3v) is 2.78. The SMILES string of the molecule is Cc1[nH]c(C(=O)O)c(C)c1C(=O)Nc1ccccn1. The van der Waals surface area contributed by atoms with Gasteiger partial charge in [-0.25, -0.2) is 9.78 Å². The number of amides is 1. The molecule has 0 bridgehead atoms. The number of H-pyrrole nitrogens is 1. The fraction of sp³-hybridized carbons (Fsp3) is 0.154. The zero-order valence-electron chi connectivity index (χ0n) is 10.5. The van der Waals surface area contributed by atoms with Crippen molar-refractivity contribution in [3.8, 4) is 0 Å². The molecule has 0 aliphatic rings. The molecule has 0 aromatic carbocycles. The van der Waals surface area contributed by atoms with Crippen molar-refractivity contribution in [3.05, 3.63) is 46.9 Å². The van der Waals surface area contributed by atoms with Crippen molar-refractivity contribution in [3.63, 3.8) is 0 Å². The van der Waals surface area contributed by atoms with E-state index in [1.807, 2.05) is 0 Å². The lowest BCUT2D eigenvalue weighted by Gasteiger charge is -2.04. The largest absolute Gasteiger partial charge is 0.477 e. The van der Waals surface area contributed by atoms with E-state index < -0.39 is 5.97 Å². The Bertz CT molecular complexity index is 632. The normalized spacial score (nSPS) is 10.2. The van der Waals surface area contributed by atoms with E-state index in [-0.39, 0.29) is 11.6 Å². The molecule has 0 radical (unpaired) electrons. The van der Waals surface area contributed by atoms with Crippen LogP contribution in [-0.2, 0) is 0 Å². The van der Waals surface area contributed by atoms with Crippen LogP contribution >= 0.6 is 0 Å². The minimum Gasteiger partial charge on any atom is -0.477 e. The van der Waals surface area contributed by atoms with Crippen molar-refractivity contribution in [2.75, 3.05) is 5.32 Å². The summed E-state index contributed by atoms with van der Waals surface area (Å²) in [6.45, 7) is 3.26. The number of carboxylic acid groups (broad SMARTS) is 1. The third kappa shape index (κ3) is 2.47. The van der Waals surface area contributed by atoms with Gasteiger partial charge in [-0.3, -0.25) is 4.79 Å². The zero-order chi connectivity index (χ0) is 14.0. The minimum absolute atomic E-state index is 0.0312. The van der Waals surface area contributed by atoms with Crippen molar-refractivity contribution in [2.24, 2.45) is 0 Å². The molecule has 0 unspecified atom stereocenters. The number of nitrogens with one attached hydrogen (secondary N) is 2. The maximum atomic E-state index is 12.1. The Labute approximate surface area is 109 Å². The first-order valence-corrected chi connectivity index (χ1v) is 5.65. The van der Waals surface area contributed by atoms with Crippen LogP contribution in [0.1, 0.15) is 32.1 Å². The highest BCUT2D eigenvalue weighted by molar-refractivity contribution is 6.07. The molecular formula is C13H13N3O3. The number of aromatic amines is 1. The molecule has 2 aromatic heterocycles. The van der Waals surface area contributed by atoms with Gasteiger partial charge in [0, 0.05) is 11.9 Å². The lowest BCUT2D eigenvalue weighted by molar-refractivity contribution is 0.0690. The number of hydrogen-bond acceptors (Lipinski definition) is 3. The van der Waals surface area contributed by atoms with Crippen LogP contribution in [0.15, 0.2) is 24.4 Å². The van der Waals surface area contributed by atoms with Gasteiger partial charge < -0.3 is 15.4 Å². The smallest absolute Gasteiger partial charge is 0.352 e. The molecule has 98 valence electrons. The van der Waals surface area contributed by atoms with Crippen LogP contribution in [0, 0.1) is 13.8 Å². The monoisotopic (exact) mass is 259 g/mol. The number of aryl methyl sites for hydroxylation is 1. The van der Waals surface area contributed by atoms with E-state index in [2.05, 4.69) is 15.3 Å². The van der Waals surface area contributed by atoms with E-state index in [9.17, 15) is 9.59 Å². The Morgan fingerprint density at radius 1 is 1.32 bits per heavy atom. The van der Waals surface area contributed by atoms with Gasteiger partial charge in [-0.2, -0.15) is 0 Å². The minimum atomic E-state index is -1.09. The summed E-state index contributed by atoms with van der Waals surface area (Å²) in [5.41, 5.74) is 1.30. The molecule has 0 atom stereocenters. The average molecular weight is 259 g/mol. The van der Waals surface area contributed by atoms with Crippen LogP contribution in [0.5, 0.6) is 0 Å². The second kappa shape index (κ2) is 4.93. The van der Waals surface area contributed by atoms with Crippen molar-refractivity contribution in [1.82, 2.24) is 9.97 Å². The van der Waals surface area contributed by atoms with Gasteiger partial charge in [0.05, 0.1) is 5.56 Å². The maximum absolute atomic E-state index is 12.1. The summed E-state index contributed by atoms with van der Waals surface area (Å²) in [6, 6.07) is 5.15. The van der Waals surface area contributed by atoms with Crippen molar-refractivity contribution < 1.29 is 14.7 Å². The van der Waals surface area contributed by atoms with E-state index in [1.54, 1.807) is 38.2 Å². The number of hydrogen-bond donors (Lipinski definition) is 3. The Morgan fingerprint density at radius 3 is 2.58 bits per heavy atom. The molecule has 6 nitrogen and oxygen atoms in total. The van der Waals surface area contributed by atoms with E-state index in [4.69, 9.17) is 5.11 Å². The molecular weight excluding hydrogens is 246 g/mol. The number of anilines is 1. The van der Waals surface area contributed by atoms with Gasteiger partial charge in [0.1, 0.15) is 11.5 Å². The van der Waals surface area contributed by atoms with Gasteiger partial charge in [-0.1, -0.05) is 6.07 Å². The van der Waals surface area contributed by atoms with Gasteiger partial charge >= 0.3 is 5.97 Å². The van der Waals surface area contributed by atoms with Crippen LogP contribution in [0.4, 0.5) is 5.82 Å². The number of pyridine rings is 1. The van der Waals surface area contributed by atoms with Crippen molar-refractivity contribution >= 4 is 17.7 Å². The molecule has 0 aliphatic carbocycles. The van der Waals surface area contributed by atoms with Crippen LogP contribution in [0.2, 0.25) is 0 Å². The number of aromatic nitrogens is 2. The van der Waals surface area contributed by atoms with Gasteiger partial charge in [0.15, 0.2) is 0 Å². The van der Waals surface area contributed by atoms with Gasteiger partial charge in [-0.05, 0) is 31.5 Å². The van der Waals surface area contributed by atoms with Gasteiger partial charge in [0.25, 0.3) is 5.91 Å². The fourth-order valence-electron chi connectivity index (χ4n) is 1.92. The lowest BCUT2D eigenvalue weighted by Crippen LogP contribution is -2.14. The van der Waals surface area contributed by atoms with E-state index in [0.717, 1.165) is 0 Å². The number of carbonyl (C=O) groups is 2. The van der Waals surface area contributed by atoms with Crippen LogP contribution in [0.25, 0.3) is 0 Å². The number of carboxylic acids is 1. The highest BCUT2D eigenvalue weighted by Gasteiger charge is 2.21. The Kier molecular flexibility index (Phi) is 3.33. The van der Waals surface area contributed by atoms with Crippen molar-refractivity contribution in [2.45, 2.75) is 13.8 Å². The predicted octanol–water partition coefficient (Wildman–Crippen LogP) is 1.98. The molecule has 3 N–H and O–H groups in total. The Hall–Kier alpha value is -2.63. The molecule has 19 heavy (non-hydrogen) atoms. The lowest BCUT2D eigenvalue weighted by atomic mass is 10.1. The number of rotatable bonds is 3. The topological polar surface area (TPSA) is 95.1 Å². The summed E-state index contributed by atoms with van der Waals surface area (Å²) >= 11 is 0. The zero-order valence-corrected chi connectivity index (χ0v) is 10.5. The highest BCUT2D eigenvalue weighted by Crippen LogP contribution is 2.19. The molecule has 2 rings (SSSR count). The van der Waals surface area contributed by atoms with E-state index >= 15 is 0 Å². The Morgan fingerprint density at radius 2 is 2.05 bits per heavy atom. The second-order valence-electron chi connectivity index (χ2n) is 4.10. The predicted molar refractivity (Wildman–Crippen MR) is 69.4 cm³/mol. The summed E-state index contributed by atoms with van der Waals surface area (Å²) in [7, 11) is 0. The molecule has 0 spiro atoms. The summed E-state index contributed by atoms with van der Waals surface area (Å²) in [5.74, 6) is -1.04. The Balaban J connectivity index is 2.32. The maximum Gasteiger partial charge on any atom is 0.352 e. The molecule has 6 heteroatoms. The van der Waals surface area contributed by atoms with Crippen LogP contribution < -0.4 is 5.32 Å².